The number of allylic oxidation sites excluding steroid dienone is 1. The van der Waals surface area contributed by atoms with Gasteiger partial charge in [-0.25, -0.2) is 22.0 Å². The second-order valence-corrected chi connectivity index (χ2v) is 5.10. The molecule has 0 radical (unpaired) electrons. The number of hydrogen-bond acceptors (Lipinski definition) is 1. The van der Waals surface area contributed by atoms with Crippen LogP contribution in [0.1, 0.15) is 15.9 Å². The van der Waals surface area contributed by atoms with Gasteiger partial charge in [0.05, 0.1) is 5.56 Å². The number of carbonyl (C=O) groups excluding carboxylic acids is 1. The molecular formula is C15H6BrF5O. The van der Waals surface area contributed by atoms with E-state index in [1.54, 1.807) is 12.1 Å². The smallest absolute Gasteiger partial charge is 0.200 e. The van der Waals surface area contributed by atoms with Crippen LogP contribution in [0.2, 0.25) is 0 Å². The third-order valence-corrected chi connectivity index (χ3v) is 3.30. The summed E-state index contributed by atoms with van der Waals surface area (Å²) in [5.41, 5.74) is -0.967. The summed E-state index contributed by atoms with van der Waals surface area (Å²) in [4.78, 5) is 11.8. The summed E-state index contributed by atoms with van der Waals surface area (Å²) < 4.78 is 66.4. The molecule has 0 bridgehead atoms. The summed E-state index contributed by atoms with van der Waals surface area (Å²) in [6.07, 6.45) is 1.29. The minimum atomic E-state index is -2.24. The van der Waals surface area contributed by atoms with Gasteiger partial charge in [0, 0.05) is 10.0 Å². The number of hydrogen-bond donors (Lipinski definition) is 0. The molecule has 0 saturated heterocycles. The quantitative estimate of drug-likeness (QED) is 0.241. The fourth-order valence-corrected chi connectivity index (χ4v) is 1.90. The molecule has 0 N–H and O–H groups in total. The third kappa shape index (κ3) is 3.09. The summed E-state index contributed by atoms with van der Waals surface area (Å²) in [6.45, 7) is 0. The van der Waals surface area contributed by atoms with Crippen molar-refractivity contribution in [2.24, 2.45) is 0 Å². The van der Waals surface area contributed by atoms with Crippen LogP contribution < -0.4 is 0 Å². The molecule has 0 atom stereocenters. The average Bonchev–Trinajstić information content (AvgIpc) is 2.51. The fraction of sp³-hybridized carbons (Fsp3) is 0. The van der Waals surface area contributed by atoms with Crippen LogP contribution in [0.3, 0.4) is 0 Å². The summed E-state index contributed by atoms with van der Waals surface area (Å²) in [5, 5.41) is 0. The first-order chi connectivity index (χ1) is 10.3. The van der Waals surface area contributed by atoms with E-state index in [1.807, 2.05) is 0 Å². The Labute approximate surface area is 130 Å². The highest BCUT2D eigenvalue weighted by Gasteiger charge is 2.24. The number of carbonyl (C=O) groups is 1. The SMILES string of the molecule is O=C(C=Cc1c(F)c(F)c(F)c(F)c1F)c1ccc(Br)cc1. The van der Waals surface area contributed by atoms with Crippen LogP contribution in [-0.2, 0) is 0 Å². The van der Waals surface area contributed by atoms with Crippen molar-refractivity contribution < 1.29 is 26.7 Å². The molecule has 0 aliphatic heterocycles. The van der Waals surface area contributed by atoms with Crippen LogP contribution in [-0.4, -0.2) is 5.78 Å². The molecule has 0 aromatic heterocycles. The van der Waals surface area contributed by atoms with Gasteiger partial charge in [0.25, 0.3) is 0 Å². The Hall–Kier alpha value is -2.02. The van der Waals surface area contributed by atoms with Crippen LogP contribution in [0.5, 0.6) is 0 Å². The van der Waals surface area contributed by atoms with E-state index >= 15 is 0 Å². The van der Waals surface area contributed by atoms with Crippen LogP contribution >= 0.6 is 15.9 Å². The zero-order chi connectivity index (χ0) is 16.4. The van der Waals surface area contributed by atoms with Crippen molar-refractivity contribution in [3.63, 3.8) is 0 Å². The van der Waals surface area contributed by atoms with E-state index in [0.717, 1.165) is 6.08 Å². The maximum atomic E-state index is 13.4. The number of benzene rings is 2. The first-order valence-electron chi connectivity index (χ1n) is 5.82. The van der Waals surface area contributed by atoms with Crippen molar-refractivity contribution in [1.29, 1.82) is 0 Å². The molecule has 1 nitrogen and oxygen atoms in total. The highest BCUT2D eigenvalue weighted by molar-refractivity contribution is 9.10. The normalized spacial score (nSPS) is 11.2. The van der Waals surface area contributed by atoms with Gasteiger partial charge in [-0.3, -0.25) is 4.79 Å². The lowest BCUT2D eigenvalue weighted by Crippen LogP contribution is -2.04. The molecular weight excluding hydrogens is 371 g/mol. The molecule has 0 fully saturated rings. The highest BCUT2D eigenvalue weighted by Crippen LogP contribution is 2.24. The molecule has 2 rings (SSSR count). The van der Waals surface area contributed by atoms with E-state index in [4.69, 9.17) is 0 Å². The van der Waals surface area contributed by atoms with Gasteiger partial charge in [0.15, 0.2) is 29.1 Å². The van der Waals surface area contributed by atoms with Crippen LogP contribution in [0.25, 0.3) is 6.08 Å². The molecule has 22 heavy (non-hydrogen) atoms. The Morgan fingerprint density at radius 1 is 0.818 bits per heavy atom. The molecule has 0 spiro atoms. The second kappa shape index (κ2) is 6.39. The van der Waals surface area contributed by atoms with E-state index in [1.165, 1.54) is 12.1 Å². The van der Waals surface area contributed by atoms with E-state index in [2.05, 4.69) is 15.9 Å². The minimum Gasteiger partial charge on any atom is -0.289 e. The predicted octanol–water partition coefficient (Wildman–Crippen LogP) is 5.04. The van der Waals surface area contributed by atoms with E-state index in [9.17, 15) is 26.7 Å². The topological polar surface area (TPSA) is 17.1 Å². The second-order valence-electron chi connectivity index (χ2n) is 4.19. The third-order valence-electron chi connectivity index (χ3n) is 2.77. The van der Waals surface area contributed by atoms with Gasteiger partial charge in [-0.2, -0.15) is 0 Å². The Bertz CT molecular complexity index is 739. The van der Waals surface area contributed by atoms with Crippen molar-refractivity contribution in [2.75, 3.05) is 0 Å². The zero-order valence-corrected chi connectivity index (χ0v) is 12.2. The highest BCUT2D eigenvalue weighted by atomic mass is 79.9. The molecule has 7 heteroatoms. The van der Waals surface area contributed by atoms with Gasteiger partial charge < -0.3 is 0 Å². The molecule has 0 unspecified atom stereocenters. The monoisotopic (exact) mass is 376 g/mol. The van der Waals surface area contributed by atoms with Gasteiger partial charge in [0.2, 0.25) is 5.82 Å². The minimum absolute atomic E-state index is 0.198. The summed E-state index contributed by atoms with van der Waals surface area (Å²) >= 11 is 3.16. The van der Waals surface area contributed by atoms with Crippen LogP contribution in [0.15, 0.2) is 34.8 Å². The number of halogens is 6. The predicted molar refractivity (Wildman–Crippen MR) is 73.7 cm³/mol. The van der Waals surface area contributed by atoms with Crippen LogP contribution in [0, 0.1) is 29.1 Å². The lowest BCUT2D eigenvalue weighted by Gasteiger charge is -2.04. The van der Waals surface area contributed by atoms with Crippen molar-refractivity contribution in [1.82, 2.24) is 0 Å². The van der Waals surface area contributed by atoms with Crippen LogP contribution in [0.4, 0.5) is 22.0 Å². The molecule has 2 aromatic carbocycles. The Morgan fingerprint density at radius 2 is 1.27 bits per heavy atom. The molecule has 0 amide bonds. The van der Waals surface area contributed by atoms with E-state index in [0.29, 0.717) is 10.5 Å². The van der Waals surface area contributed by atoms with Gasteiger partial charge >= 0.3 is 0 Å². The molecule has 2 aromatic rings. The van der Waals surface area contributed by atoms with Gasteiger partial charge in [-0.05, 0) is 36.4 Å². The first-order valence-corrected chi connectivity index (χ1v) is 6.61. The molecule has 0 aliphatic rings. The molecule has 0 aliphatic carbocycles. The van der Waals surface area contributed by atoms with Crippen molar-refractivity contribution >= 4 is 27.8 Å². The van der Waals surface area contributed by atoms with Gasteiger partial charge in [-0.1, -0.05) is 15.9 Å². The largest absolute Gasteiger partial charge is 0.289 e. The van der Waals surface area contributed by atoms with Gasteiger partial charge in [0.1, 0.15) is 0 Å². The van der Waals surface area contributed by atoms with Gasteiger partial charge in [-0.15, -0.1) is 0 Å². The zero-order valence-electron chi connectivity index (χ0n) is 10.6. The summed E-state index contributed by atoms with van der Waals surface area (Å²) in [5.74, 6) is -11.0. The lowest BCUT2D eigenvalue weighted by molar-refractivity contribution is 0.104. The van der Waals surface area contributed by atoms with Crippen molar-refractivity contribution in [3.8, 4) is 0 Å². The Kier molecular flexibility index (Phi) is 4.75. The first kappa shape index (κ1) is 16.4. The summed E-state index contributed by atoms with van der Waals surface area (Å²) in [7, 11) is 0. The van der Waals surface area contributed by atoms with Crippen molar-refractivity contribution in [2.45, 2.75) is 0 Å². The standard InChI is InChI=1S/C15H6BrF5O/c16-8-3-1-7(2-4-8)10(22)6-5-9-11(17)13(19)15(21)14(20)12(9)18/h1-6H. The van der Waals surface area contributed by atoms with E-state index < -0.39 is 40.4 Å². The molecule has 114 valence electrons. The number of rotatable bonds is 3. The van der Waals surface area contributed by atoms with Crippen molar-refractivity contribution in [3.05, 3.63) is 75.0 Å². The number of ketones is 1. The fourth-order valence-electron chi connectivity index (χ4n) is 1.64. The average molecular weight is 377 g/mol. The maximum Gasteiger partial charge on any atom is 0.200 e. The maximum absolute atomic E-state index is 13.4. The Morgan fingerprint density at radius 3 is 1.77 bits per heavy atom. The molecule has 0 heterocycles. The van der Waals surface area contributed by atoms with E-state index in [-0.39, 0.29) is 5.56 Å². The Balaban J connectivity index is 2.38. The lowest BCUT2D eigenvalue weighted by atomic mass is 10.1. The summed E-state index contributed by atoms with van der Waals surface area (Å²) in [6, 6.07) is 6.02. The molecule has 0 saturated carbocycles.